The zero-order valence-electron chi connectivity index (χ0n) is 11.7. The molecule has 3 heterocycles. The molecule has 0 aliphatic heterocycles. The Morgan fingerprint density at radius 1 is 1.52 bits per heavy atom. The lowest BCUT2D eigenvalue weighted by molar-refractivity contribution is 0.509. The van der Waals surface area contributed by atoms with E-state index >= 15 is 0 Å². The molecule has 1 atom stereocenters. The Labute approximate surface area is 124 Å². The molecule has 1 aliphatic carbocycles. The number of nitrogens with zero attached hydrogens (tertiary/aromatic N) is 4. The Morgan fingerprint density at radius 2 is 2.43 bits per heavy atom. The van der Waals surface area contributed by atoms with Crippen LogP contribution < -0.4 is 5.56 Å². The molecule has 0 aromatic carbocycles. The zero-order valence-corrected chi connectivity index (χ0v) is 12.5. The molecular weight excluding hydrogens is 286 g/mol. The molecule has 0 fully saturated rings. The quantitative estimate of drug-likeness (QED) is 0.782. The number of rotatable bonds is 2. The van der Waals surface area contributed by atoms with Crippen molar-refractivity contribution in [2.75, 3.05) is 0 Å². The molecule has 0 unspecified atom stereocenters. The van der Waals surface area contributed by atoms with Crippen LogP contribution in [0.3, 0.4) is 0 Å². The second-order valence-corrected chi connectivity index (χ2v) is 6.73. The first-order chi connectivity index (χ1) is 10.2. The van der Waals surface area contributed by atoms with Gasteiger partial charge >= 0.3 is 0 Å². The van der Waals surface area contributed by atoms with Crippen LogP contribution in [-0.4, -0.2) is 25.0 Å². The number of aryl methyl sites for hydroxylation is 1. The van der Waals surface area contributed by atoms with Crippen LogP contribution in [0.15, 0.2) is 17.2 Å². The minimum absolute atomic E-state index is 0.0258. The van der Waals surface area contributed by atoms with E-state index in [2.05, 4.69) is 27.2 Å². The molecule has 0 radical (unpaired) electrons. The van der Waals surface area contributed by atoms with Crippen LogP contribution in [0.2, 0.25) is 0 Å². The first-order valence-electron chi connectivity index (χ1n) is 7.08. The molecule has 21 heavy (non-hydrogen) atoms. The second-order valence-electron chi connectivity index (χ2n) is 5.65. The van der Waals surface area contributed by atoms with E-state index in [1.807, 2.05) is 0 Å². The fraction of sp³-hybridized carbons (Fsp3) is 0.429. The lowest BCUT2D eigenvalue weighted by Crippen LogP contribution is -2.16. The van der Waals surface area contributed by atoms with Gasteiger partial charge in [-0.2, -0.15) is 0 Å². The number of thiophene rings is 1. The summed E-state index contributed by atoms with van der Waals surface area (Å²) in [7, 11) is 0. The van der Waals surface area contributed by atoms with Gasteiger partial charge in [-0.05, 0) is 30.7 Å². The molecule has 0 amide bonds. The topological polar surface area (TPSA) is 76.5 Å². The summed E-state index contributed by atoms with van der Waals surface area (Å²) < 4.78 is 1.65. The van der Waals surface area contributed by atoms with Crippen LogP contribution in [0.5, 0.6) is 0 Å². The van der Waals surface area contributed by atoms with Crippen molar-refractivity contribution in [1.82, 2.24) is 25.0 Å². The molecule has 1 aliphatic rings. The van der Waals surface area contributed by atoms with Crippen molar-refractivity contribution in [1.29, 1.82) is 0 Å². The van der Waals surface area contributed by atoms with Gasteiger partial charge in [0.2, 0.25) is 0 Å². The van der Waals surface area contributed by atoms with Crippen molar-refractivity contribution in [3.63, 3.8) is 0 Å². The van der Waals surface area contributed by atoms with Gasteiger partial charge in [-0.25, -0.2) is 9.67 Å². The van der Waals surface area contributed by atoms with Crippen molar-refractivity contribution >= 4 is 21.6 Å². The van der Waals surface area contributed by atoms with Crippen molar-refractivity contribution in [3.8, 4) is 0 Å². The van der Waals surface area contributed by atoms with Gasteiger partial charge in [0.25, 0.3) is 5.56 Å². The predicted octanol–water partition coefficient (Wildman–Crippen LogP) is 1.75. The number of H-pyrrole nitrogens is 1. The minimum atomic E-state index is -0.0258. The number of aromatic nitrogens is 5. The standard InChI is InChI=1S/C14H15N5OS/c1-8-2-3-9-10(6-8)21-14-12(9)13(20)16-11(17-14)7-19-5-4-15-18-19/h4-5,8H,2-3,6-7H2,1H3,(H,16,17,20)/t8-/m0/s1. The van der Waals surface area contributed by atoms with E-state index in [0.29, 0.717) is 18.3 Å². The fourth-order valence-electron chi connectivity index (χ4n) is 2.94. The summed E-state index contributed by atoms with van der Waals surface area (Å²) >= 11 is 1.67. The Kier molecular flexibility index (Phi) is 2.88. The smallest absolute Gasteiger partial charge is 0.259 e. The van der Waals surface area contributed by atoms with Gasteiger partial charge in [-0.1, -0.05) is 12.1 Å². The van der Waals surface area contributed by atoms with E-state index in [-0.39, 0.29) is 5.56 Å². The highest BCUT2D eigenvalue weighted by Crippen LogP contribution is 2.35. The highest BCUT2D eigenvalue weighted by molar-refractivity contribution is 7.18. The average Bonchev–Trinajstić information content (AvgIpc) is 3.05. The number of nitrogens with one attached hydrogen (secondary N) is 1. The van der Waals surface area contributed by atoms with E-state index in [0.717, 1.165) is 29.5 Å². The Hall–Kier alpha value is -2.02. The molecule has 1 N–H and O–H groups in total. The van der Waals surface area contributed by atoms with Gasteiger partial charge in [0.15, 0.2) is 0 Å². The van der Waals surface area contributed by atoms with Crippen LogP contribution in [0.25, 0.3) is 10.2 Å². The second kappa shape index (κ2) is 4.77. The van der Waals surface area contributed by atoms with Crippen molar-refractivity contribution in [3.05, 3.63) is 39.0 Å². The molecule has 4 rings (SSSR count). The highest BCUT2D eigenvalue weighted by atomic mass is 32.1. The Morgan fingerprint density at radius 3 is 3.24 bits per heavy atom. The molecular formula is C14H15N5OS. The van der Waals surface area contributed by atoms with Gasteiger partial charge in [-0.15, -0.1) is 16.4 Å². The Balaban J connectivity index is 1.82. The van der Waals surface area contributed by atoms with Crippen LogP contribution in [0.1, 0.15) is 29.6 Å². The third-order valence-electron chi connectivity index (χ3n) is 4.00. The molecule has 3 aromatic rings. The maximum absolute atomic E-state index is 12.4. The van der Waals surface area contributed by atoms with Gasteiger partial charge in [0.1, 0.15) is 17.2 Å². The number of hydrogen-bond acceptors (Lipinski definition) is 5. The summed E-state index contributed by atoms with van der Waals surface area (Å²) in [5.74, 6) is 1.32. The lowest BCUT2D eigenvalue weighted by Gasteiger charge is -2.17. The molecule has 0 saturated heterocycles. The number of aromatic amines is 1. The number of hydrogen-bond donors (Lipinski definition) is 1. The zero-order chi connectivity index (χ0) is 14.4. The van der Waals surface area contributed by atoms with E-state index in [9.17, 15) is 4.79 Å². The lowest BCUT2D eigenvalue weighted by atomic mass is 9.89. The van der Waals surface area contributed by atoms with E-state index < -0.39 is 0 Å². The molecule has 7 heteroatoms. The first-order valence-corrected chi connectivity index (χ1v) is 7.90. The average molecular weight is 301 g/mol. The van der Waals surface area contributed by atoms with Crippen LogP contribution in [0.4, 0.5) is 0 Å². The molecule has 0 bridgehead atoms. The maximum Gasteiger partial charge on any atom is 0.259 e. The van der Waals surface area contributed by atoms with Crippen molar-refractivity contribution < 1.29 is 0 Å². The largest absolute Gasteiger partial charge is 0.308 e. The fourth-order valence-corrected chi connectivity index (χ4v) is 4.34. The predicted molar refractivity (Wildman–Crippen MR) is 80.6 cm³/mol. The summed E-state index contributed by atoms with van der Waals surface area (Å²) in [6.07, 6.45) is 6.57. The summed E-state index contributed by atoms with van der Waals surface area (Å²) in [5, 5.41) is 8.46. The van der Waals surface area contributed by atoms with E-state index in [4.69, 9.17) is 0 Å². The van der Waals surface area contributed by atoms with Crippen LogP contribution in [-0.2, 0) is 19.4 Å². The molecule has 6 nitrogen and oxygen atoms in total. The normalized spacial score (nSPS) is 18.0. The summed E-state index contributed by atoms with van der Waals surface area (Å²) in [4.78, 5) is 22.1. The molecule has 108 valence electrons. The summed E-state index contributed by atoms with van der Waals surface area (Å²) in [5.41, 5.74) is 1.19. The third-order valence-corrected chi connectivity index (χ3v) is 5.15. The Bertz CT molecular complexity index is 848. The molecule has 0 saturated carbocycles. The first kappa shape index (κ1) is 12.7. The summed E-state index contributed by atoms with van der Waals surface area (Å²) in [6.45, 7) is 2.70. The van der Waals surface area contributed by atoms with E-state index in [1.54, 1.807) is 28.4 Å². The van der Waals surface area contributed by atoms with Gasteiger partial charge in [0, 0.05) is 11.1 Å². The number of fused-ring (bicyclic) bond motifs is 3. The highest BCUT2D eigenvalue weighted by Gasteiger charge is 2.22. The SMILES string of the molecule is C[C@H]1CCc2c(sc3nc(Cn4ccnn4)[nH]c(=O)c23)C1. The maximum atomic E-state index is 12.4. The van der Waals surface area contributed by atoms with Crippen LogP contribution >= 0.6 is 11.3 Å². The molecule has 0 spiro atoms. The van der Waals surface area contributed by atoms with Crippen molar-refractivity contribution in [2.24, 2.45) is 5.92 Å². The van der Waals surface area contributed by atoms with Crippen molar-refractivity contribution in [2.45, 2.75) is 32.7 Å². The third kappa shape index (κ3) is 2.17. The van der Waals surface area contributed by atoms with E-state index in [1.165, 1.54) is 10.4 Å². The molecule has 3 aromatic heterocycles. The van der Waals surface area contributed by atoms with Gasteiger partial charge in [0.05, 0.1) is 11.6 Å². The van der Waals surface area contributed by atoms with Gasteiger partial charge in [-0.3, -0.25) is 4.79 Å². The minimum Gasteiger partial charge on any atom is -0.308 e. The van der Waals surface area contributed by atoms with Crippen LogP contribution in [0, 0.1) is 5.92 Å². The summed E-state index contributed by atoms with van der Waals surface area (Å²) in [6, 6.07) is 0. The van der Waals surface area contributed by atoms with Gasteiger partial charge < -0.3 is 4.98 Å². The monoisotopic (exact) mass is 301 g/mol.